The van der Waals surface area contributed by atoms with Crippen molar-refractivity contribution < 1.29 is 9.21 Å². The molecule has 2 saturated heterocycles. The van der Waals surface area contributed by atoms with Crippen molar-refractivity contribution in [2.75, 3.05) is 19.6 Å². The molecule has 86 valence electrons. The van der Waals surface area contributed by atoms with Gasteiger partial charge in [0.1, 0.15) is 0 Å². The third-order valence-corrected chi connectivity index (χ3v) is 3.65. The van der Waals surface area contributed by atoms with Crippen LogP contribution in [0, 0.1) is 12.8 Å². The largest absolute Gasteiger partial charge is 0.438 e. The second kappa shape index (κ2) is 3.59. The Balaban J connectivity index is 1.83. The van der Waals surface area contributed by atoms with E-state index < -0.39 is 0 Å². The summed E-state index contributed by atoms with van der Waals surface area (Å²) in [7, 11) is 0. The van der Waals surface area contributed by atoms with Gasteiger partial charge in [0, 0.05) is 25.7 Å². The number of oxazole rings is 1. The second-order valence-electron chi connectivity index (χ2n) is 4.54. The van der Waals surface area contributed by atoms with Gasteiger partial charge in [0.15, 0.2) is 6.39 Å². The lowest BCUT2D eigenvalue weighted by atomic mass is 10.1. The van der Waals surface area contributed by atoms with E-state index in [9.17, 15) is 4.79 Å². The van der Waals surface area contributed by atoms with E-state index in [2.05, 4.69) is 10.3 Å². The Morgan fingerprint density at radius 1 is 1.62 bits per heavy atom. The van der Waals surface area contributed by atoms with Gasteiger partial charge in [-0.25, -0.2) is 4.98 Å². The third-order valence-electron chi connectivity index (χ3n) is 3.65. The number of nitrogens with one attached hydrogen (secondary N) is 1. The number of aryl methyl sites for hydroxylation is 1. The van der Waals surface area contributed by atoms with Crippen molar-refractivity contribution in [3.8, 4) is 0 Å². The zero-order chi connectivity index (χ0) is 11.1. The van der Waals surface area contributed by atoms with E-state index in [1.165, 1.54) is 6.39 Å². The SMILES string of the molecule is Cc1ncoc1C(=O)N1CCC2CNCC21. The summed E-state index contributed by atoms with van der Waals surface area (Å²) in [6, 6.07) is 0.344. The van der Waals surface area contributed by atoms with Crippen LogP contribution in [0.5, 0.6) is 0 Å². The van der Waals surface area contributed by atoms with Gasteiger partial charge in [-0.1, -0.05) is 0 Å². The van der Waals surface area contributed by atoms with Crippen LogP contribution in [0.25, 0.3) is 0 Å². The fourth-order valence-corrected chi connectivity index (χ4v) is 2.74. The maximum atomic E-state index is 12.2. The van der Waals surface area contributed by atoms with Crippen LogP contribution in [-0.2, 0) is 0 Å². The molecule has 1 aromatic heterocycles. The predicted octanol–water partition coefficient (Wildman–Crippen LogP) is 0.417. The van der Waals surface area contributed by atoms with E-state index in [-0.39, 0.29) is 5.91 Å². The Hall–Kier alpha value is -1.36. The molecule has 5 nitrogen and oxygen atoms in total. The summed E-state index contributed by atoms with van der Waals surface area (Å²) in [4.78, 5) is 18.1. The molecule has 3 heterocycles. The van der Waals surface area contributed by atoms with Crippen LogP contribution in [0.15, 0.2) is 10.8 Å². The average Bonchev–Trinajstić information content (AvgIpc) is 2.90. The molecule has 1 N–H and O–H groups in total. The summed E-state index contributed by atoms with van der Waals surface area (Å²) in [6.45, 7) is 4.58. The molecule has 5 heteroatoms. The lowest BCUT2D eigenvalue weighted by molar-refractivity contribution is 0.0703. The minimum atomic E-state index is -0.00815. The van der Waals surface area contributed by atoms with Gasteiger partial charge in [0.2, 0.25) is 5.76 Å². The van der Waals surface area contributed by atoms with Crippen LogP contribution >= 0.6 is 0 Å². The van der Waals surface area contributed by atoms with Crippen LogP contribution in [0.3, 0.4) is 0 Å². The topological polar surface area (TPSA) is 58.4 Å². The number of carbonyl (C=O) groups excluding carboxylic acids is 1. The lowest BCUT2D eigenvalue weighted by Gasteiger charge is -2.22. The highest BCUT2D eigenvalue weighted by Gasteiger charge is 2.41. The molecule has 0 radical (unpaired) electrons. The number of hydrogen-bond acceptors (Lipinski definition) is 4. The minimum Gasteiger partial charge on any atom is -0.438 e. The summed E-state index contributed by atoms with van der Waals surface area (Å²) < 4.78 is 5.16. The molecule has 0 aliphatic carbocycles. The van der Waals surface area contributed by atoms with E-state index in [0.29, 0.717) is 23.4 Å². The summed E-state index contributed by atoms with van der Waals surface area (Å²) in [5, 5.41) is 3.33. The van der Waals surface area contributed by atoms with Crippen LogP contribution in [0.2, 0.25) is 0 Å². The Bertz CT molecular complexity index is 415. The van der Waals surface area contributed by atoms with Gasteiger partial charge < -0.3 is 14.6 Å². The quantitative estimate of drug-likeness (QED) is 0.746. The van der Waals surface area contributed by atoms with E-state index in [4.69, 9.17) is 4.42 Å². The van der Waals surface area contributed by atoms with E-state index in [1.54, 1.807) is 6.92 Å². The van der Waals surface area contributed by atoms with Gasteiger partial charge >= 0.3 is 0 Å². The standard InChI is InChI=1S/C11H15N3O2/c1-7-10(16-6-13-7)11(15)14-3-2-8-4-12-5-9(8)14/h6,8-9,12H,2-5H2,1H3. The van der Waals surface area contributed by atoms with Crippen LogP contribution < -0.4 is 5.32 Å². The molecule has 2 unspecified atom stereocenters. The first-order chi connectivity index (χ1) is 7.77. The maximum absolute atomic E-state index is 12.2. The van der Waals surface area contributed by atoms with Crippen molar-refractivity contribution in [2.45, 2.75) is 19.4 Å². The third kappa shape index (κ3) is 1.35. The van der Waals surface area contributed by atoms with Gasteiger partial charge in [-0.15, -0.1) is 0 Å². The van der Waals surface area contributed by atoms with E-state index in [1.807, 2.05) is 4.90 Å². The number of aromatic nitrogens is 1. The normalized spacial score (nSPS) is 28.4. The van der Waals surface area contributed by atoms with Crippen molar-refractivity contribution in [3.63, 3.8) is 0 Å². The first kappa shape index (κ1) is 9.84. The molecular formula is C11H15N3O2. The maximum Gasteiger partial charge on any atom is 0.291 e. The fourth-order valence-electron chi connectivity index (χ4n) is 2.74. The van der Waals surface area contributed by atoms with Crippen LogP contribution in [0.4, 0.5) is 0 Å². The van der Waals surface area contributed by atoms with Crippen molar-refractivity contribution in [3.05, 3.63) is 17.8 Å². The number of likely N-dealkylation sites (tertiary alicyclic amines) is 1. The van der Waals surface area contributed by atoms with E-state index in [0.717, 1.165) is 26.1 Å². The smallest absolute Gasteiger partial charge is 0.291 e. The summed E-state index contributed by atoms with van der Waals surface area (Å²) in [5.74, 6) is 1.01. The van der Waals surface area contributed by atoms with E-state index >= 15 is 0 Å². The molecule has 1 amide bonds. The van der Waals surface area contributed by atoms with Gasteiger partial charge in [0.25, 0.3) is 5.91 Å². The van der Waals surface area contributed by atoms with Crippen LogP contribution in [-0.4, -0.2) is 41.5 Å². The Labute approximate surface area is 93.8 Å². The number of nitrogens with zero attached hydrogens (tertiary/aromatic N) is 2. The van der Waals surface area contributed by atoms with Gasteiger partial charge in [0.05, 0.1) is 5.69 Å². The molecule has 16 heavy (non-hydrogen) atoms. The van der Waals surface area contributed by atoms with Crippen molar-refractivity contribution in [1.29, 1.82) is 0 Å². The molecule has 0 spiro atoms. The summed E-state index contributed by atoms with van der Waals surface area (Å²) in [5.41, 5.74) is 0.680. The first-order valence-electron chi connectivity index (χ1n) is 5.69. The monoisotopic (exact) mass is 221 g/mol. The highest BCUT2D eigenvalue weighted by Crippen LogP contribution is 2.28. The average molecular weight is 221 g/mol. The zero-order valence-electron chi connectivity index (χ0n) is 9.27. The Kier molecular flexibility index (Phi) is 2.21. The van der Waals surface area contributed by atoms with Crippen molar-refractivity contribution in [1.82, 2.24) is 15.2 Å². The summed E-state index contributed by atoms with van der Waals surface area (Å²) in [6.07, 6.45) is 2.43. The molecule has 2 aliphatic rings. The number of fused-ring (bicyclic) bond motifs is 1. The molecule has 0 saturated carbocycles. The molecule has 2 fully saturated rings. The number of hydrogen-bond donors (Lipinski definition) is 1. The number of rotatable bonds is 1. The lowest BCUT2D eigenvalue weighted by Crippen LogP contribution is -2.39. The Morgan fingerprint density at radius 3 is 3.25 bits per heavy atom. The van der Waals surface area contributed by atoms with Gasteiger partial charge in [-0.2, -0.15) is 0 Å². The molecule has 2 aliphatic heterocycles. The number of carbonyl (C=O) groups is 1. The van der Waals surface area contributed by atoms with Crippen molar-refractivity contribution >= 4 is 5.91 Å². The molecule has 0 bridgehead atoms. The molecule has 3 rings (SSSR count). The first-order valence-corrected chi connectivity index (χ1v) is 5.69. The van der Waals surface area contributed by atoms with Gasteiger partial charge in [-0.3, -0.25) is 4.79 Å². The molecular weight excluding hydrogens is 206 g/mol. The number of amides is 1. The highest BCUT2D eigenvalue weighted by atomic mass is 16.3. The molecule has 2 atom stereocenters. The van der Waals surface area contributed by atoms with Gasteiger partial charge in [-0.05, 0) is 19.3 Å². The molecule has 1 aromatic rings. The predicted molar refractivity (Wildman–Crippen MR) is 57.0 cm³/mol. The minimum absolute atomic E-state index is 0.00815. The Morgan fingerprint density at radius 2 is 2.50 bits per heavy atom. The van der Waals surface area contributed by atoms with Crippen molar-refractivity contribution in [2.24, 2.45) is 5.92 Å². The summed E-state index contributed by atoms with van der Waals surface area (Å²) >= 11 is 0. The fraction of sp³-hybridized carbons (Fsp3) is 0.636. The highest BCUT2D eigenvalue weighted by molar-refractivity contribution is 5.92. The van der Waals surface area contributed by atoms with Crippen LogP contribution in [0.1, 0.15) is 22.7 Å². The molecule has 0 aromatic carbocycles. The second-order valence-corrected chi connectivity index (χ2v) is 4.54. The zero-order valence-corrected chi connectivity index (χ0v) is 9.27.